The van der Waals surface area contributed by atoms with Gasteiger partial charge in [-0.2, -0.15) is 9.98 Å². The van der Waals surface area contributed by atoms with E-state index < -0.39 is 22.0 Å². The molecule has 0 bridgehead atoms. The maximum atomic E-state index is 12.2. The Balaban J connectivity index is 2.96. The number of nitrogens with zero attached hydrogens (tertiary/aromatic N) is 1. The predicted octanol–water partition coefficient (Wildman–Crippen LogP) is 0.750. The Hall–Kier alpha value is -1.91. The summed E-state index contributed by atoms with van der Waals surface area (Å²) in [4.78, 5) is 11.6. The van der Waals surface area contributed by atoms with E-state index in [9.17, 15) is 13.2 Å². The minimum absolute atomic E-state index is 0.0384. The Morgan fingerprint density at radius 3 is 2.40 bits per heavy atom. The van der Waals surface area contributed by atoms with Crippen LogP contribution in [0.25, 0.3) is 0 Å². The van der Waals surface area contributed by atoms with Gasteiger partial charge in [0.2, 0.25) is 15.9 Å². The summed E-state index contributed by atoms with van der Waals surface area (Å²) in [5.41, 5.74) is 0.0384. The molecule has 0 aromatic heterocycles. The van der Waals surface area contributed by atoms with E-state index in [1.807, 2.05) is 6.07 Å². The molecule has 0 aliphatic heterocycles. The SMILES string of the molecule is CC(C)NC(=O)C(C)NS(=O)(=O)c1ccccc1C#N. The highest BCUT2D eigenvalue weighted by Crippen LogP contribution is 2.14. The number of hydrogen-bond donors (Lipinski definition) is 2. The van der Waals surface area contributed by atoms with Crippen molar-refractivity contribution in [2.24, 2.45) is 0 Å². The van der Waals surface area contributed by atoms with Crippen LogP contribution in [0.1, 0.15) is 26.3 Å². The van der Waals surface area contributed by atoms with Gasteiger partial charge in [-0.15, -0.1) is 0 Å². The molecule has 1 amide bonds. The largest absolute Gasteiger partial charge is 0.353 e. The van der Waals surface area contributed by atoms with Crippen LogP contribution in [0.4, 0.5) is 0 Å². The van der Waals surface area contributed by atoms with Crippen molar-refractivity contribution in [3.63, 3.8) is 0 Å². The maximum absolute atomic E-state index is 12.2. The highest BCUT2D eigenvalue weighted by atomic mass is 32.2. The van der Waals surface area contributed by atoms with Crippen LogP contribution in [0.2, 0.25) is 0 Å². The molecule has 1 atom stereocenters. The van der Waals surface area contributed by atoms with Crippen LogP contribution in [-0.4, -0.2) is 26.4 Å². The molecule has 0 fully saturated rings. The molecule has 0 saturated heterocycles. The zero-order chi connectivity index (χ0) is 15.3. The molecule has 20 heavy (non-hydrogen) atoms. The molecule has 108 valence electrons. The van der Waals surface area contributed by atoms with Crippen molar-refractivity contribution in [1.29, 1.82) is 5.26 Å². The normalized spacial score (nSPS) is 12.8. The van der Waals surface area contributed by atoms with Crippen molar-refractivity contribution < 1.29 is 13.2 Å². The lowest BCUT2D eigenvalue weighted by Gasteiger charge is -2.16. The molecule has 0 saturated carbocycles. The number of hydrogen-bond acceptors (Lipinski definition) is 4. The molecule has 0 aliphatic carbocycles. The lowest BCUT2D eigenvalue weighted by atomic mass is 10.2. The number of carbonyl (C=O) groups excluding carboxylic acids is 1. The van der Waals surface area contributed by atoms with Gasteiger partial charge in [-0.3, -0.25) is 4.79 Å². The van der Waals surface area contributed by atoms with E-state index in [0.717, 1.165) is 0 Å². The fourth-order valence-electron chi connectivity index (χ4n) is 1.55. The van der Waals surface area contributed by atoms with E-state index in [1.54, 1.807) is 19.9 Å². The number of benzene rings is 1. The van der Waals surface area contributed by atoms with Crippen LogP contribution in [0, 0.1) is 11.3 Å². The van der Waals surface area contributed by atoms with Gasteiger partial charge in [-0.05, 0) is 32.9 Å². The van der Waals surface area contributed by atoms with Gasteiger partial charge in [0.05, 0.1) is 16.5 Å². The minimum Gasteiger partial charge on any atom is -0.353 e. The molecule has 0 aliphatic rings. The minimum atomic E-state index is -3.92. The van der Waals surface area contributed by atoms with Crippen LogP contribution < -0.4 is 10.0 Å². The first-order chi connectivity index (χ1) is 9.27. The third-order valence-corrected chi connectivity index (χ3v) is 4.05. The smallest absolute Gasteiger partial charge is 0.242 e. The molecule has 1 unspecified atom stereocenters. The lowest BCUT2D eigenvalue weighted by Crippen LogP contribution is -2.46. The van der Waals surface area contributed by atoms with E-state index in [0.29, 0.717) is 0 Å². The van der Waals surface area contributed by atoms with Gasteiger partial charge < -0.3 is 5.32 Å². The highest BCUT2D eigenvalue weighted by Gasteiger charge is 2.24. The zero-order valence-corrected chi connectivity index (χ0v) is 12.4. The van der Waals surface area contributed by atoms with Crippen LogP contribution in [0.5, 0.6) is 0 Å². The Morgan fingerprint density at radius 1 is 1.25 bits per heavy atom. The standard InChI is InChI=1S/C13H17N3O3S/c1-9(2)15-13(17)10(3)16-20(18,19)12-7-5-4-6-11(12)8-14/h4-7,9-10,16H,1-3H3,(H,15,17). The molecular weight excluding hydrogens is 278 g/mol. The summed E-state index contributed by atoms with van der Waals surface area (Å²) in [6.07, 6.45) is 0. The third kappa shape index (κ3) is 4.05. The van der Waals surface area contributed by atoms with E-state index in [4.69, 9.17) is 5.26 Å². The molecule has 1 aromatic carbocycles. The van der Waals surface area contributed by atoms with Crippen LogP contribution >= 0.6 is 0 Å². The van der Waals surface area contributed by atoms with E-state index in [-0.39, 0.29) is 16.5 Å². The first-order valence-electron chi connectivity index (χ1n) is 6.09. The average molecular weight is 295 g/mol. The Kier molecular flexibility index (Phi) is 5.25. The quantitative estimate of drug-likeness (QED) is 0.837. The summed E-state index contributed by atoms with van der Waals surface area (Å²) < 4.78 is 26.6. The summed E-state index contributed by atoms with van der Waals surface area (Å²) in [6.45, 7) is 5.01. The summed E-state index contributed by atoms with van der Waals surface area (Å²) in [7, 11) is -3.92. The van der Waals surface area contributed by atoms with Crippen molar-refractivity contribution in [2.75, 3.05) is 0 Å². The molecule has 1 aromatic rings. The average Bonchev–Trinajstić information content (AvgIpc) is 2.37. The molecule has 0 spiro atoms. The summed E-state index contributed by atoms with van der Waals surface area (Å²) >= 11 is 0. The number of nitriles is 1. The second-order valence-corrected chi connectivity index (χ2v) is 6.30. The van der Waals surface area contributed by atoms with E-state index >= 15 is 0 Å². The highest BCUT2D eigenvalue weighted by molar-refractivity contribution is 7.89. The predicted molar refractivity (Wildman–Crippen MR) is 74.2 cm³/mol. The van der Waals surface area contributed by atoms with E-state index in [2.05, 4.69) is 10.0 Å². The van der Waals surface area contributed by atoms with E-state index in [1.165, 1.54) is 25.1 Å². The van der Waals surface area contributed by atoms with Crippen molar-refractivity contribution in [2.45, 2.75) is 37.8 Å². The molecule has 6 nitrogen and oxygen atoms in total. The Bertz CT molecular complexity index is 633. The van der Waals surface area contributed by atoms with Gasteiger partial charge in [0.15, 0.2) is 0 Å². The number of rotatable bonds is 5. The Morgan fingerprint density at radius 2 is 1.85 bits per heavy atom. The van der Waals surface area contributed by atoms with Gasteiger partial charge in [-0.1, -0.05) is 12.1 Å². The maximum Gasteiger partial charge on any atom is 0.242 e. The second-order valence-electron chi connectivity index (χ2n) is 4.61. The second kappa shape index (κ2) is 6.50. The molecule has 2 N–H and O–H groups in total. The van der Waals surface area contributed by atoms with Gasteiger partial charge in [-0.25, -0.2) is 8.42 Å². The van der Waals surface area contributed by atoms with Gasteiger partial charge in [0.1, 0.15) is 6.07 Å². The van der Waals surface area contributed by atoms with Crippen LogP contribution in [0.3, 0.4) is 0 Å². The number of nitrogens with one attached hydrogen (secondary N) is 2. The first-order valence-corrected chi connectivity index (χ1v) is 7.58. The van der Waals surface area contributed by atoms with Crippen molar-refractivity contribution in [3.8, 4) is 6.07 Å². The van der Waals surface area contributed by atoms with Crippen molar-refractivity contribution in [3.05, 3.63) is 29.8 Å². The monoisotopic (exact) mass is 295 g/mol. The lowest BCUT2D eigenvalue weighted by molar-refractivity contribution is -0.122. The van der Waals surface area contributed by atoms with Gasteiger partial charge >= 0.3 is 0 Å². The first kappa shape index (κ1) is 16.1. The topological polar surface area (TPSA) is 99.1 Å². The summed E-state index contributed by atoms with van der Waals surface area (Å²) in [6, 6.07) is 6.65. The number of carbonyl (C=O) groups is 1. The van der Waals surface area contributed by atoms with Crippen LogP contribution in [0.15, 0.2) is 29.2 Å². The molecule has 0 radical (unpaired) electrons. The molecule has 1 rings (SSSR count). The summed E-state index contributed by atoms with van der Waals surface area (Å²) in [5, 5.41) is 11.5. The molecule has 0 heterocycles. The fourth-order valence-corrected chi connectivity index (χ4v) is 2.91. The van der Waals surface area contributed by atoms with Gasteiger partial charge in [0, 0.05) is 6.04 Å². The molecule has 7 heteroatoms. The van der Waals surface area contributed by atoms with Crippen LogP contribution in [-0.2, 0) is 14.8 Å². The number of amides is 1. The van der Waals surface area contributed by atoms with Crippen molar-refractivity contribution in [1.82, 2.24) is 10.0 Å². The summed E-state index contributed by atoms with van der Waals surface area (Å²) in [5.74, 6) is -0.419. The van der Waals surface area contributed by atoms with Crippen molar-refractivity contribution >= 4 is 15.9 Å². The van der Waals surface area contributed by atoms with Gasteiger partial charge in [0.25, 0.3) is 0 Å². The fraction of sp³-hybridized carbons (Fsp3) is 0.385. The Labute approximate surface area is 118 Å². The third-order valence-electron chi connectivity index (χ3n) is 2.45. The molecular formula is C13H17N3O3S. The number of sulfonamides is 1. The zero-order valence-electron chi connectivity index (χ0n) is 11.5.